The van der Waals surface area contributed by atoms with Gasteiger partial charge in [0.2, 0.25) is 17.7 Å². The molecule has 2 amide bonds. The fourth-order valence-corrected chi connectivity index (χ4v) is 4.66. The molecule has 1 aromatic carbocycles. The maximum atomic E-state index is 13.1. The SMILES string of the molecule is CC(=O)N1CCCN(c2ccc(CNC(=O)C3(c4ccc(OCc5ccc(C(F)(F)F)nc5)nn4)CC3)cc2)C1. The predicted octanol–water partition coefficient (Wildman–Crippen LogP) is 3.83. The van der Waals surface area contributed by atoms with Gasteiger partial charge in [-0.15, -0.1) is 5.10 Å². The van der Waals surface area contributed by atoms with Gasteiger partial charge < -0.3 is 19.9 Å². The molecule has 2 fully saturated rings. The van der Waals surface area contributed by atoms with Gasteiger partial charge in [0, 0.05) is 50.1 Å². The Hall–Kier alpha value is -4.22. The topological polar surface area (TPSA) is 101 Å². The van der Waals surface area contributed by atoms with Crippen LogP contribution in [0.2, 0.25) is 0 Å². The molecule has 3 heterocycles. The van der Waals surface area contributed by atoms with Crippen molar-refractivity contribution in [2.75, 3.05) is 24.7 Å². The molecule has 3 aromatic rings. The van der Waals surface area contributed by atoms with Crippen molar-refractivity contribution in [2.24, 2.45) is 0 Å². The number of rotatable bonds is 8. The summed E-state index contributed by atoms with van der Waals surface area (Å²) in [6, 6.07) is 13.4. The third kappa shape index (κ3) is 6.16. The van der Waals surface area contributed by atoms with Crippen LogP contribution in [0.5, 0.6) is 5.88 Å². The number of halogens is 3. The first-order chi connectivity index (χ1) is 19.1. The van der Waals surface area contributed by atoms with Crippen LogP contribution in [0.3, 0.4) is 0 Å². The molecular weight excluding hydrogens is 525 g/mol. The van der Waals surface area contributed by atoms with Crippen LogP contribution in [-0.2, 0) is 34.3 Å². The molecule has 9 nitrogen and oxygen atoms in total. The van der Waals surface area contributed by atoms with Gasteiger partial charge in [-0.3, -0.25) is 14.6 Å². The van der Waals surface area contributed by atoms with Crippen LogP contribution in [0.4, 0.5) is 18.9 Å². The van der Waals surface area contributed by atoms with Gasteiger partial charge in [-0.05, 0) is 49.1 Å². The highest BCUT2D eigenvalue weighted by Gasteiger charge is 2.52. The average Bonchev–Trinajstić information content (AvgIpc) is 3.77. The minimum absolute atomic E-state index is 0.0175. The molecule has 0 radical (unpaired) electrons. The van der Waals surface area contributed by atoms with E-state index in [1.165, 1.54) is 6.07 Å². The largest absolute Gasteiger partial charge is 0.472 e. The maximum Gasteiger partial charge on any atom is 0.433 e. The van der Waals surface area contributed by atoms with Gasteiger partial charge in [-0.2, -0.15) is 18.3 Å². The molecule has 1 saturated carbocycles. The minimum atomic E-state index is -4.50. The molecule has 210 valence electrons. The van der Waals surface area contributed by atoms with E-state index in [0.717, 1.165) is 43.0 Å². The molecule has 1 saturated heterocycles. The summed E-state index contributed by atoms with van der Waals surface area (Å²) in [6.45, 7) is 4.18. The van der Waals surface area contributed by atoms with Gasteiger partial charge in [-0.1, -0.05) is 18.2 Å². The Morgan fingerprint density at radius 2 is 1.75 bits per heavy atom. The molecule has 1 N–H and O–H groups in total. The van der Waals surface area contributed by atoms with Gasteiger partial charge in [-0.25, -0.2) is 0 Å². The number of hydrogen-bond donors (Lipinski definition) is 1. The zero-order valence-electron chi connectivity index (χ0n) is 21.9. The van der Waals surface area contributed by atoms with Gasteiger partial charge in [0.05, 0.1) is 17.8 Å². The zero-order chi connectivity index (χ0) is 28.3. The zero-order valence-corrected chi connectivity index (χ0v) is 21.9. The lowest BCUT2D eigenvalue weighted by molar-refractivity contribution is -0.141. The van der Waals surface area contributed by atoms with Gasteiger partial charge in [0.15, 0.2) is 0 Å². The summed E-state index contributed by atoms with van der Waals surface area (Å²) < 4.78 is 43.5. The number of pyridine rings is 1. The first-order valence-corrected chi connectivity index (χ1v) is 13.0. The van der Waals surface area contributed by atoms with Crippen molar-refractivity contribution in [1.29, 1.82) is 0 Å². The smallest absolute Gasteiger partial charge is 0.433 e. The van der Waals surface area contributed by atoms with Gasteiger partial charge in [0.1, 0.15) is 12.3 Å². The molecule has 2 aromatic heterocycles. The first-order valence-electron chi connectivity index (χ1n) is 13.0. The van der Waals surface area contributed by atoms with E-state index >= 15 is 0 Å². The molecular formula is C28H29F3N6O3. The van der Waals surface area contributed by atoms with E-state index in [0.29, 0.717) is 37.3 Å². The molecule has 0 spiro atoms. The number of carbonyl (C=O) groups excluding carboxylic acids is 2. The average molecular weight is 555 g/mol. The number of anilines is 1. The van der Waals surface area contributed by atoms with Crippen molar-refractivity contribution >= 4 is 17.5 Å². The Bertz CT molecular complexity index is 1340. The van der Waals surface area contributed by atoms with Crippen LogP contribution in [0.15, 0.2) is 54.7 Å². The fourth-order valence-electron chi connectivity index (χ4n) is 4.66. The lowest BCUT2D eigenvalue weighted by Gasteiger charge is -2.36. The second-order valence-corrected chi connectivity index (χ2v) is 10.1. The summed E-state index contributed by atoms with van der Waals surface area (Å²) >= 11 is 0. The predicted molar refractivity (Wildman–Crippen MR) is 139 cm³/mol. The van der Waals surface area contributed by atoms with Crippen LogP contribution in [0, 0.1) is 0 Å². The highest BCUT2D eigenvalue weighted by atomic mass is 19.4. The van der Waals surface area contributed by atoms with Gasteiger partial charge in [0.25, 0.3) is 0 Å². The summed E-state index contributed by atoms with van der Waals surface area (Å²) in [5, 5.41) is 11.2. The van der Waals surface area contributed by atoms with E-state index in [9.17, 15) is 22.8 Å². The van der Waals surface area contributed by atoms with Crippen molar-refractivity contribution in [3.63, 3.8) is 0 Å². The van der Waals surface area contributed by atoms with Crippen LogP contribution < -0.4 is 15.0 Å². The number of nitrogens with one attached hydrogen (secondary N) is 1. The Kier molecular flexibility index (Phi) is 7.59. The highest BCUT2D eigenvalue weighted by molar-refractivity contribution is 5.90. The van der Waals surface area contributed by atoms with Crippen LogP contribution in [0.1, 0.15) is 48.7 Å². The molecule has 2 aliphatic rings. The van der Waals surface area contributed by atoms with E-state index in [-0.39, 0.29) is 24.3 Å². The van der Waals surface area contributed by atoms with Gasteiger partial charge >= 0.3 is 6.18 Å². The van der Waals surface area contributed by atoms with Crippen LogP contribution in [-0.4, -0.2) is 51.7 Å². The molecule has 0 unspecified atom stereocenters. The number of hydrogen-bond acceptors (Lipinski definition) is 7. The third-order valence-corrected chi connectivity index (χ3v) is 7.21. The monoisotopic (exact) mass is 554 g/mol. The number of alkyl halides is 3. The van der Waals surface area contributed by atoms with E-state index in [1.54, 1.807) is 19.1 Å². The molecule has 1 aliphatic heterocycles. The Morgan fingerprint density at radius 3 is 2.35 bits per heavy atom. The van der Waals surface area contributed by atoms with Crippen molar-refractivity contribution in [3.8, 4) is 5.88 Å². The van der Waals surface area contributed by atoms with Crippen molar-refractivity contribution < 1.29 is 27.5 Å². The first kappa shape index (κ1) is 27.4. The summed E-state index contributed by atoms with van der Waals surface area (Å²) in [5.41, 5.74) is 1.30. The van der Waals surface area contributed by atoms with Crippen molar-refractivity contribution in [1.82, 2.24) is 25.4 Å². The summed E-state index contributed by atoms with van der Waals surface area (Å²) in [4.78, 5) is 32.2. The quantitative estimate of drug-likeness (QED) is 0.452. The number of nitrogens with zero attached hydrogens (tertiary/aromatic N) is 5. The van der Waals surface area contributed by atoms with E-state index in [2.05, 4.69) is 25.4 Å². The normalized spacial score (nSPS) is 16.4. The highest BCUT2D eigenvalue weighted by Crippen LogP contribution is 2.47. The number of carbonyl (C=O) groups is 2. The molecule has 1 aliphatic carbocycles. The number of benzene rings is 1. The standard InChI is InChI=1S/C28H29F3N6O3/c1-19(38)36-13-2-14-37(18-36)22-6-3-20(4-7-22)15-33-26(39)27(11-12-27)23-9-10-25(35-34-23)40-17-21-5-8-24(32-16-21)28(29,30)31/h3-10,16H,2,11-15,17-18H2,1H3,(H,33,39). The minimum Gasteiger partial charge on any atom is -0.472 e. The summed E-state index contributed by atoms with van der Waals surface area (Å²) in [6.07, 6.45) is -1.15. The third-order valence-electron chi connectivity index (χ3n) is 7.21. The lowest BCUT2D eigenvalue weighted by atomic mass is 10.0. The Morgan fingerprint density at radius 1 is 1.00 bits per heavy atom. The maximum absolute atomic E-state index is 13.1. The Labute approximate surface area is 229 Å². The van der Waals surface area contributed by atoms with E-state index in [4.69, 9.17) is 4.74 Å². The molecule has 12 heteroatoms. The van der Waals surface area contributed by atoms with Crippen molar-refractivity contribution in [2.45, 2.75) is 50.9 Å². The molecule has 40 heavy (non-hydrogen) atoms. The lowest BCUT2D eigenvalue weighted by Crippen LogP contribution is -2.46. The molecule has 0 atom stereocenters. The fraction of sp³-hybridized carbons (Fsp3) is 0.393. The van der Waals surface area contributed by atoms with Crippen LogP contribution >= 0.6 is 0 Å². The summed E-state index contributed by atoms with van der Waals surface area (Å²) in [7, 11) is 0. The second-order valence-electron chi connectivity index (χ2n) is 10.1. The number of amides is 2. The molecule has 5 rings (SSSR count). The van der Waals surface area contributed by atoms with E-state index < -0.39 is 17.3 Å². The Balaban J connectivity index is 1.13. The number of ether oxygens (including phenoxy) is 1. The second kappa shape index (κ2) is 11.1. The van der Waals surface area contributed by atoms with Crippen molar-refractivity contribution in [3.05, 3.63) is 77.2 Å². The van der Waals surface area contributed by atoms with E-state index in [1.807, 2.05) is 29.2 Å². The summed E-state index contributed by atoms with van der Waals surface area (Å²) in [5.74, 6) is 0.143. The van der Waals surface area contributed by atoms with Crippen LogP contribution in [0.25, 0.3) is 0 Å². The number of aromatic nitrogens is 3. The molecule has 0 bridgehead atoms.